The molecule has 1 unspecified atom stereocenters. The number of hydrogen-bond acceptors (Lipinski definition) is 4. The van der Waals surface area contributed by atoms with Crippen LogP contribution >= 0.6 is 0 Å². The smallest absolute Gasteiger partial charge is 0.320 e. The van der Waals surface area contributed by atoms with E-state index in [1.807, 2.05) is 0 Å². The van der Waals surface area contributed by atoms with Gasteiger partial charge in [-0.05, 0) is 26.9 Å². The fourth-order valence-corrected chi connectivity index (χ4v) is 0.710. The van der Waals surface area contributed by atoms with Crippen LogP contribution in [0.25, 0.3) is 0 Å². The van der Waals surface area contributed by atoms with Crippen LogP contribution in [0.2, 0.25) is 0 Å². The van der Waals surface area contributed by atoms with Gasteiger partial charge in [-0.15, -0.1) is 0 Å². The molecule has 0 aliphatic heterocycles. The molecule has 0 heterocycles. The van der Waals surface area contributed by atoms with Crippen molar-refractivity contribution in [3.05, 3.63) is 0 Å². The molecule has 5 heteroatoms. The van der Waals surface area contributed by atoms with Crippen molar-refractivity contribution >= 4 is 5.97 Å². The molecule has 0 spiro atoms. The lowest BCUT2D eigenvalue weighted by atomic mass is 10.1. The second-order valence-electron chi connectivity index (χ2n) is 2.97. The van der Waals surface area contributed by atoms with E-state index in [1.165, 1.54) is 0 Å². The van der Waals surface area contributed by atoms with Gasteiger partial charge in [0.25, 0.3) is 0 Å². The van der Waals surface area contributed by atoms with E-state index in [1.54, 1.807) is 19.0 Å². The van der Waals surface area contributed by atoms with E-state index in [9.17, 15) is 9.90 Å². The van der Waals surface area contributed by atoms with Gasteiger partial charge < -0.3 is 15.9 Å². The summed E-state index contributed by atoms with van der Waals surface area (Å²) < 4.78 is 0. The number of aliphatic hydroxyl groups is 1. The van der Waals surface area contributed by atoms with Crippen molar-refractivity contribution in [3.8, 4) is 0 Å². The average Bonchev–Trinajstić information content (AvgIpc) is 1.98. The molecule has 0 radical (unpaired) electrons. The highest BCUT2D eigenvalue weighted by molar-refractivity contribution is 5.72. The SMILES string of the molecule is CN(C)C(O)CC[C@H](N)C(=O)O. The van der Waals surface area contributed by atoms with Crippen LogP contribution < -0.4 is 5.73 Å². The Hall–Kier alpha value is -0.650. The van der Waals surface area contributed by atoms with Crippen LogP contribution in [0.15, 0.2) is 0 Å². The molecule has 0 aromatic rings. The first-order valence-corrected chi connectivity index (χ1v) is 3.78. The van der Waals surface area contributed by atoms with Gasteiger partial charge in [-0.25, -0.2) is 0 Å². The number of aliphatic hydroxyl groups excluding tert-OH is 1. The van der Waals surface area contributed by atoms with Crippen molar-refractivity contribution in [1.29, 1.82) is 0 Å². The molecule has 0 aromatic carbocycles. The van der Waals surface area contributed by atoms with Crippen molar-refractivity contribution in [2.75, 3.05) is 14.1 Å². The second-order valence-corrected chi connectivity index (χ2v) is 2.97. The number of nitrogens with zero attached hydrogens (tertiary/aromatic N) is 1. The van der Waals surface area contributed by atoms with E-state index in [-0.39, 0.29) is 6.42 Å². The largest absolute Gasteiger partial charge is 0.480 e. The van der Waals surface area contributed by atoms with Crippen LogP contribution in [0.3, 0.4) is 0 Å². The monoisotopic (exact) mass is 176 g/mol. The Labute approximate surface area is 71.8 Å². The van der Waals surface area contributed by atoms with Crippen molar-refractivity contribution in [1.82, 2.24) is 4.90 Å². The molecular weight excluding hydrogens is 160 g/mol. The Morgan fingerprint density at radius 1 is 1.50 bits per heavy atom. The summed E-state index contributed by atoms with van der Waals surface area (Å²) in [7, 11) is 3.44. The first kappa shape index (κ1) is 11.4. The molecule has 0 aliphatic rings. The Morgan fingerprint density at radius 3 is 2.33 bits per heavy atom. The minimum atomic E-state index is -1.03. The normalized spacial score (nSPS) is 16.1. The summed E-state index contributed by atoms with van der Waals surface area (Å²) in [6.07, 6.45) is 0.0465. The second kappa shape index (κ2) is 5.08. The van der Waals surface area contributed by atoms with Crippen molar-refractivity contribution in [3.63, 3.8) is 0 Å². The molecule has 0 fully saturated rings. The number of carbonyl (C=O) groups is 1. The zero-order valence-electron chi connectivity index (χ0n) is 7.40. The number of nitrogens with two attached hydrogens (primary N) is 1. The van der Waals surface area contributed by atoms with Gasteiger partial charge in [0.1, 0.15) is 12.3 Å². The van der Waals surface area contributed by atoms with Gasteiger partial charge in [0.05, 0.1) is 0 Å². The van der Waals surface area contributed by atoms with Crippen LogP contribution in [0, 0.1) is 0 Å². The number of carboxylic acid groups (broad SMARTS) is 1. The summed E-state index contributed by atoms with van der Waals surface area (Å²) in [6.45, 7) is 0. The summed E-state index contributed by atoms with van der Waals surface area (Å²) in [5.74, 6) is -1.03. The van der Waals surface area contributed by atoms with Gasteiger partial charge in [-0.3, -0.25) is 9.69 Å². The van der Waals surface area contributed by atoms with Gasteiger partial charge in [0, 0.05) is 0 Å². The molecule has 72 valence electrons. The minimum absolute atomic E-state index is 0.286. The van der Waals surface area contributed by atoms with E-state index in [2.05, 4.69) is 0 Å². The van der Waals surface area contributed by atoms with Crippen molar-refractivity contribution < 1.29 is 15.0 Å². The molecule has 0 rings (SSSR count). The van der Waals surface area contributed by atoms with E-state index < -0.39 is 18.2 Å². The number of rotatable bonds is 5. The lowest BCUT2D eigenvalue weighted by Gasteiger charge is -2.18. The maximum Gasteiger partial charge on any atom is 0.320 e. The van der Waals surface area contributed by atoms with Crippen molar-refractivity contribution in [2.45, 2.75) is 25.1 Å². The van der Waals surface area contributed by atoms with E-state index >= 15 is 0 Å². The quantitative estimate of drug-likeness (QED) is 0.470. The fraction of sp³-hybridized carbons (Fsp3) is 0.857. The summed E-state index contributed by atoms with van der Waals surface area (Å²) in [5.41, 5.74) is 5.24. The molecule has 0 saturated carbocycles. The Morgan fingerprint density at radius 2 is 2.00 bits per heavy atom. The molecule has 0 aromatic heterocycles. The molecule has 12 heavy (non-hydrogen) atoms. The Kier molecular flexibility index (Phi) is 4.80. The first-order valence-electron chi connectivity index (χ1n) is 3.78. The summed E-state index contributed by atoms with van der Waals surface area (Å²) in [5, 5.41) is 17.6. The zero-order chi connectivity index (χ0) is 9.72. The van der Waals surface area contributed by atoms with E-state index in [0.717, 1.165) is 0 Å². The predicted molar refractivity (Wildman–Crippen MR) is 44.5 cm³/mol. The Bertz CT molecular complexity index is 150. The van der Waals surface area contributed by atoms with Gasteiger partial charge >= 0.3 is 5.97 Å². The zero-order valence-corrected chi connectivity index (χ0v) is 7.40. The van der Waals surface area contributed by atoms with Gasteiger partial charge in [0.15, 0.2) is 0 Å². The standard InChI is InChI=1S/C7H16N2O3/c1-9(2)6(10)4-3-5(8)7(11)12/h5-6,10H,3-4,8H2,1-2H3,(H,11,12)/t5-,6?/m0/s1. The Balaban J connectivity index is 3.61. The number of aliphatic carboxylic acids is 1. The van der Waals surface area contributed by atoms with Crippen LogP contribution in [0.1, 0.15) is 12.8 Å². The highest BCUT2D eigenvalue weighted by Gasteiger charge is 2.14. The van der Waals surface area contributed by atoms with Gasteiger partial charge in [-0.1, -0.05) is 0 Å². The molecule has 2 atom stereocenters. The molecule has 0 aliphatic carbocycles. The number of hydrogen-bond donors (Lipinski definition) is 3. The molecule has 0 amide bonds. The van der Waals surface area contributed by atoms with Crippen LogP contribution in [0.5, 0.6) is 0 Å². The van der Waals surface area contributed by atoms with E-state index in [0.29, 0.717) is 6.42 Å². The molecule has 4 N–H and O–H groups in total. The maximum atomic E-state index is 10.3. The first-order chi connectivity index (χ1) is 5.45. The highest BCUT2D eigenvalue weighted by Crippen LogP contribution is 2.01. The fourth-order valence-electron chi connectivity index (χ4n) is 0.710. The molecule has 0 bridgehead atoms. The van der Waals surface area contributed by atoms with Gasteiger partial charge in [-0.2, -0.15) is 0 Å². The topological polar surface area (TPSA) is 86.8 Å². The van der Waals surface area contributed by atoms with Crippen molar-refractivity contribution in [2.24, 2.45) is 5.73 Å². The molecule has 0 saturated heterocycles. The summed E-state index contributed by atoms with van der Waals surface area (Å²) in [4.78, 5) is 11.9. The third-order valence-electron chi connectivity index (χ3n) is 1.65. The van der Waals surface area contributed by atoms with Crippen LogP contribution in [0.4, 0.5) is 0 Å². The maximum absolute atomic E-state index is 10.3. The number of carboxylic acids is 1. The van der Waals surface area contributed by atoms with E-state index in [4.69, 9.17) is 10.8 Å². The van der Waals surface area contributed by atoms with Gasteiger partial charge in [0.2, 0.25) is 0 Å². The third kappa shape index (κ3) is 4.27. The average molecular weight is 176 g/mol. The summed E-state index contributed by atoms with van der Waals surface area (Å²) >= 11 is 0. The van der Waals surface area contributed by atoms with Crippen LogP contribution in [-0.4, -0.2) is 47.4 Å². The lowest BCUT2D eigenvalue weighted by Crippen LogP contribution is -2.34. The minimum Gasteiger partial charge on any atom is -0.480 e. The lowest BCUT2D eigenvalue weighted by molar-refractivity contribution is -0.138. The molecule has 5 nitrogen and oxygen atoms in total. The van der Waals surface area contributed by atoms with Crippen LogP contribution in [-0.2, 0) is 4.79 Å². The molecular formula is C7H16N2O3. The predicted octanol–water partition coefficient (Wildman–Crippen LogP) is -0.941. The summed E-state index contributed by atoms with van der Waals surface area (Å²) in [6, 6.07) is -0.875. The highest BCUT2D eigenvalue weighted by atomic mass is 16.4. The third-order valence-corrected chi connectivity index (χ3v) is 1.65.